The normalized spacial score (nSPS) is 14.8. The molecule has 0 atom stereocenters. The molecule has 3 rings (SSSR count). The van der Waals surface area contributed by atoms with Crippen LogP contribution in [0.15, 0.2) is 30.5 Å². The average Bonchev–Trinajstić information content (AvgIpc) is 3.17. The highest BCUT2D eigenvalue weighted by atomic mass is 16.5. The van der Waals surface area contributed by atoms with Gasteiger partial charge in [0.1, 0.15) is 5.75 Å². The second-order valence-corrected chi connectivity index (χ2v) is 4.60. The summed E-state index contributed by atoms with van der Waals surface area (Å²) in [4.78, 5) is 0. The molecule has 4 nitrogen and oxygen atoms in total. The van der Waals surface area contributed by atoms with Crippen LogP contribution in [-0.2, 0) is 6.61 Å². The van der Waals surface area contributed by atoms with Crippen LogP contribution in [0.1, 0.15) is 30.0 Å². The van der Waals surface area contributed by atoms with E-state index in [9.17, 15) is 5.11 Å². The van der Waals surface area contributed by atoms with E-state index in [1.807, 2.05) is 28.9 Å². The van der Waals surface area contributed by atoms with Gasteiger partial charge in [-0.05, 0) is 25.0 Å². The molecule has 1 heterocycles. The zero-order valence-corrected chi connectivity index (χ0v) is 10.3. The second-order valence-electron chi connectivity index (χ2n) is 4.60. The van der Waals surface area contributed by atoms with E-state index in [1.165, 1.54) is 12.8 Å². The zero-order chi connectivity index (χ0) is 12.5. The lowest BCUT2D eigenvalue weighted by Gasteiger charge is -2.09. The highest BCUT2D eigenvalue weighted by molar-refractivity contribution is 5.42. The van der Waals surface area contributed by atoms with Crippen molar-refractivity contribution in [3.8, 4) is 11.4 Å². The molecule has 0 radical (unpaired) electrons. The third-order valence-corrected chi connectivity index (χ3v) is 3.32. The van der Waals surface area contributed by atoms with Crippen LogP contribution in [-0.4, -0.2) is 22.0 Å². The number of ether oxygens (including phenoxy) is 1. The van der Waals surface area contributed by atoms with Gasteiger partial charge in [-0.3, -0.25) is 0 Å². The molecule has 94 valence electrons. The molecule has 1 fully saturated rings. The lowest BCUT2D eigenvalue weighted by Crippen LogP contribution is -2.03. The molecule has 4 heteroatoms. The average molecular weight is 244 g/mol. The van der Waals surface area contributed by atoms with Crippen LogP contribution in [0.4, 0.5) is 0 Å². The van der Waals surface area contributed by atoms with Gasteiger partial charge in [-0.15, -0.1) is 0 Å². The second kappa shape index (κ2) is 4.46. The number of aliphatic hydroxyl groups excluding tert-OH is 1. The maximum atomic E-state index is 9.38. The maximum Gasteiger partial charge on any atom is 0.121 e. The first kappa shape index (κ1) is 11.3. The number of hydrogen-bond acceptors (Lipinski definition) is 3. The maximum absolute atomic E-state index is 9.38. The summed E-state index contributed by atoms with van der Waals surface area (Å²) in [5, 5.41) is 13.8. The Balaban J connectivity index is 2.07. The Bertz CT molecular complexity index is 559. The third kappa shape index (κ3) is 1.88. The molecule has 0 spiro atoms. The molecule has 18 heavy (non-hydrogen) atoms. The van der Waals surface area contributed by atoms with Gasteiger partial charge in [-0.1, -0.05) is 6.07 Å². The molecule has 0 unspecified atom stereocenters. The minimum Gasteiger partial charge on any atom is -0.497 e. The van der Waals surface area contributed by atoms with Crippen LogP contribution in [0.5, 0.6) is 5.75 Å². The summed E-state index contributed by atoms with van der Waals surface area (Å²) in [6, 6.07) is 7.82. The van der Waals surface area contributed by atoms with Crippen molar-refractivity contribution in [3.63, 3.8) is 0 Å². The molecule has 1 saturated carbocycles. The molecular formula is C14H16N2O2. The van der Waals surface area contributed by atoms with E-state index in [0.29, 0.717) is 5.92 Å². The van der Waals surface area contributed by atoms with Crippen molar-refractivity contribution in [1.82, 2.24) is 9.78 Å². The van der Waals surface area contributed by atoms with Crippen LogP contribution in [0.3, 0.4) is 0 Å². The molecule has 1 aromatic carbocycles. The molecule has 0 saturated heterocycles. The van der Waals surface area contributed by atoms with Crippen LogP contribution in [0.2, 0.25) is 0 Å². The molecule has 0 amide bonds. The number of hydrogen-bond donors (Lipinski definition) is 1. The summed E-state index contributed by atoms with van der Waals surface area (Å²) < 4.78 is 7.16. The quantitative estimate of drug-likeness (QED) is 0.897. The minimum absolute atomic E-state index is 0.0514. The fraction of sp³-hybridized carbons (Fsp3) is 0.357. The fourth-order valence-corrected chi connectivity index (χ4v) is 2.25. The Morgan fingerprint density at radius 2 is 2.28 bits per heavy atom. The third-order valence-electron chi connectivity index (χ3n) is 3.32. The largest absolute Gasteiger partial charge is 0.497 e. The topological polar surface area (TPSA) is 47.3 Å². The fourth-order valence-electron chi connectivity index (χ4n) is 2.25. The standard InChI is InChI=1S/C14H16N2O2/c1-18-13-4-2-3-12(7-13)16-14(10-5-6-10)11(9-17)8-15-16/h2-4,7-8,10,17H,5-6,9H2,1H3. The van der Waals surface area contributed by atoms with Gasteiger partial charge in [-0.2, -0.15) is 5.10 Å². The van der Waals surface area contributed by atoms with E-state index >= 15 is 0 Å². The molecule has 0 aliphatic heterocycles. The summed E-state index contributed by atoms with van der Waals surface area (Å²) in [5.41, 5.74) is 3.06. The first-order chi connectivity index (χ1) is 8.83. The first-order valence-electron chi connectivity index (χ1n) is 6.15. The molecule has 1 N–H and O–H groups in total. The zero-order valence-electron chi connectivity index (χ0n) is 10.3. The van der Waals surface area contributed by atoms with Crippen molar-refractivity contribution in [2.24, 2.45) is 0 Å². The van der Waals surface area contributed by atoms with E-state index in [1.54, 1.807) is 13.3 Å². The summed E-state index contributed by atoms with van der Waals surface area (Å²) in [5.74, 6) is 1.36. The molecule has 1 aromatic heterocycles. The predicted octanol–water partition coefficient (Wildman–Crippen LogP) is 2.25. The monoisotopic (exact) mass is 244 g/mol. The van der Waals surface area contributed by atoms with Gasteiger partial charge in [0.2, 0.25) is 0 Å². The van der Waals surface area contributed by atoms with Crippen LogP contribution < -0.4 is 4.74 Å². The summed E-state index contributed by atoms with van der Waals surface area (Å²) in [6.45, 7) is 0.0514. The Morgan fingerprint density at radius 3 is 2.94 bits per heavy atom. The highest BCUT2D eigenvalue weighted by Crippen LogP contribution is 2.42. The highest BCUT2D eigenvalue weighted by Gasteiger charge is 2.30. The predicted molar refractivity (Wildman–Crippen MR) is 68.0 cm³/mol. The number of aromatic nitrogens is 2. The van der Waals surface area contributed by atoms with Gasteiger partial charge in [-0.25, -0.2) is 4.68 Å². The van der Waals surface area contributed by atoms with Crippen molar-refractivity contribution in [3.05, 3.63) is 41.7 Å². The summed E-state index contributed by atoms with van der Waals surface area (Å²) in [6.07, 6.45) is 4.12. The Hall–Kier alpha value is -1.81. The van der Waals surface area contributed by atoms with Gasteiger partial charge in [0, 0.05) is 17.5 Å². The van der Waals surface area contributed by atoms with Crippen molar-refractivity contribution in [2.45, 2.75) is 25.4 Å². The van der Waals surface area contributed by atoms with E-state index in [4.69, 9.17) is 4.74 Å². The van der Waals surface area contributed by atoms with Gasteiger partial charge in [0.25, 0.3) is 0 Å². The van der Waals surface area contributed by atoms with E-state index < -0.39 is 0 Å². The molecule has 0 bridgehead atoms. The number of aliphatic hydroxyl groups is 1. The number of methoxy groups -OCH3 is 1. The minimum atomic E-state index is 0.0514. The number of nitrogens with zero attached hydrogens (tertiary/aromatic N) is 2. The van der Waals surface area contributed by atoms with Crippen molar-refractivity contribution < 1.29 is 9.84 Å². The van der Waals surface area contributed by atoms with Gasteiger partial charge >= 0.3 is 0 Å². The van der Waals surface area contributed by atoms with Crippen molar-refractivity contribution in [1.29, 1.82) is 0 Å². The SMILES string of the molecule is COc1cccc(-n2ncc(CO)c2C2CC2)c1. The van der Waals surface area contributed by atoms with E-state index in [-0.39, 0.29) is 6.61 Å². The van der Waals surface area contributed by atoms with Crippen LogP contribution in [0, 0.1) is 0 Å². The first-order valence-corrected chi connectivity index (χ1v) is 6.15. The van der Waals surface area contributed by atoms with Gasteiger partial charge < -0.3 is 9.84 Å². The molecule has 1 aliphatic carbocycles. The van der Waals surface area contributed by atoms with Crippen LogP contribution >= 0.6 is 0 Å². The van der Waals surface area contributed by atoms with Gasteiger partial charge in [0.05, 0.1) is 31.3 Å². The summed E-state index contributed by atoms with van der Waals surface area (Å²) in [7, 11) is 1.66. The van der Waals surface area contributed by atoms with Gasteiger partial charge in [0.15, 0.2) is 0 Å². The molecular weight excluding hydrogens is 228 g/mol. The lowest BCUT2D eigenvalue weighted by molar-refractivity contribution is 0.280. The molecule has 1 aliphatic rings. The Kier molecular flexibility index (Phi) is 2.80. The smallest absolute Gasteiger partial charge is 0.121 e. The van der Waals surface area contributed by atoms with Crippen molar-refractivity contribution >= 4 is 0 Å². The molecule has 2 aromatic rings. The lowest BCUT2D eigenvalue weighted by atomic mass is 10.2. The van der Waals surface area contributed by atoms with Crippen molar-refractivity contribution in [2.75, 3.05) is 7.11 Å². The summed E-state index contributed by atoms with van der Waals surface area (Å²) >= 11 is 0. The van der Waals surface area contributed by atoms with E-state index in [0.717, 1.165) is 22.7 Å². The van der Waals surface area contributed by atoms with Crippen LogP contribution in [0.25, 0.3) is 5.69 Å². The Labute approximate surface area is 106 Å². The van der Waals surface area contributed by atoms with E-state index in [2.05, 4.69) is 5.10 Å². The number of rotatable bonds is 4. The Morgan fingerprint density at radius 1 is 1.44 bits per heavy atom. The number of benzene rings is 1.